The molecule has 0 saturated carbocycles. The summed E-state index contributed by atoms with van der Waals surface area (Å²) in [5.74, 6) is -1.07. The van der Waals surface area contributed by atoms with Crippen LogP contribution in [0.2, 0.25) is 0 Å². The van der Waals surface area contributed by atoms with E-state index in [4.69, 9.17) is 0 Å². The lowest BCUT2D eigenvalue weighted by Gasteiger charge is -2.24. The standard InChI is InChI=1S/C35H54N6O4/c1-4-5-6-7-8-9-10-11-12-13-33(43)40-31(24-27(2)3)35(45)41-30(34(44)39-26-29-18-22-37-23-19-29)14-15-32(42)38-25-28-16-20-36-21-17-28/h16-23,27,30-31H,4-15,24-26H2,1-3H3,(H,38,42)(H,39,44)(H,40,43)(H,41,45)/t30?,31-/m0/s1. The first-order valence-electron chi connectivity index (χ1n) is 16.7. The molecule has 10 nitrogen and oxygen atoms in total. The Bertz CT molecular complexity index is 1130. The number of unbranched alkanes of at least 4 members (excludes halogenated alkanes) is 8. The number of aromatic nitrogens is 2. The predicted molar refractivity (Wildman–Crippen MR) is 177 cm³/mol. The minimum atomic E-state index is -0.949. The minimum absolute atomic E-state index is 0.0402. The molecule has 0 aliphatic rings. The van der Waals surface area contributed by atoms with Gasteiger partial charge in [0.25, 0.3) is 0 Å². The Hall–Kier alpha value is -3.82. The van der Waals surface area contributed by atoms with E-state index in [9.17, 15) is 19.2 Å². The molecule has 10 heteroatoms. The maximum atomic E-state index is 13.5. The molecule has 0 fully saturated rings. The molecule has 4 amide bonds. The average molecular weight is 623 g/mol. The highest BCUT2D eigenvalue weighted by atomic mass is 16.2. The first-order chi connectivity index (χ1) is 21.8. The summed E-state index contributed by atoms with van der Waals surface area (Å²) in [4.78, 5) is 60.1. The number of nitrogens with one attached hydrogen (secondary N) is 4. The van der Waals surface area contributed by atoms with Crippen LogP contribution in [0.25, 0.3) is 0 Å². The van der Waals surface area contributed by atoms with Gasteiger partial charge >= 0.3 is 0 Å². The van der Waals surface area contributed by atoms with Gasteiger partial charge < -0.3 is 21.3 Å². The van der Waals surface area contributed by atoms with Gasteiger partial charge in [-0.15, -0.1) is 0 Å². The molecular weight excluding hydrogens is 568 g/mol. The van der Waals surface area contributed by atoms with Crippen LogP contribution in [0.4, 0.5) is 0 Å². The van der Waals surface area contributed by atoms with Gasteiger partial charge in [0.05, 0.1) is 0 Å². The molecule has 4 N–H and O–H groups in total. The van der Waals surface area contributed by atoms with E-state index >= 15 is 0 Å². The van der Waals surface area contributed by atoms with E-state index in [1.54, 1.807) is 36.9 Å². The van der Waals surface area contributed by atoms with Gasteiger partial charge in [-0.25, -0.2) is 0 Å². The topological polar surface area (TPSA) is 142 Å². The van der Waals surface area contributed by atoms with Crippen molar-refractivity contribution in [2.75, 3.05) is 0 Å². The molecular formula is C35H54N6O4. The van der Waals surface area contributed by atoms with E-state index < -0.39 is 23.9 Å². The van der Waals surface area contributed by atoms with Crippen LogP contribution in [0.3, 0.4) is 0 Å². The van der Waals surface area contributed by atoms with Crippen LogP contribution in [0.15, 0.2) is 49.1 Å². The summed E-state index contributed by atoms with van der Waals surface area (Å²) in [5, 5.41) is 11.4. The van der Waals surface area contributed by atoms with E-state index in [2.05, 4.69) is 38.2 Å². The molecule has 0 spiro atoms. The normalized spacial score (nSPS) is 12.3. The van der Waals surface area contributed by atoms with Crippen molar-refractivity contribution < 1.29 is 19.2 Å². The van der Waals surface area contributed by atoms with Crippen molar-refractivity contribution in [2.24, 2.45) is 5.92 Å². The van der Waals surface area contributed by atoms with Crippen LogP contribution in [0.1, 0.15) is 115 Å². The monoisotopic (exact) mass is 622 g/mol. The number of hydrogen-bond acceptors (Lipinski definition) is 6. The highest BCUT2D eigenvalue weighted by Crippen LogP contribution is 2.12. The van der Waals surface area contributed by atoms with Gasteiger partial charge in [-0.1, -0.05) is 72.1 Å². The molecule has 0 aromatic carbocycles. The molecule has 2 aromatic heterocycles. The Balaban J connectivity index is 1.93. The highest BCUT2D eigenvalue weighted by Gasteiger charge is 2.27. The number of carbonyl (C=O) groups excluding carboxylic acids is 4. The number of nitrogens with zero attached hydrogens (tertiary/aromatic N) is 2. The number of hydrogen-bond donors (Lipinski definition) is 4. The van der Waals surface area contributed by atoms with Gasteiger partial charge in [-0.3, -0.25) is 29.1 Å². The van der Waals surface area contributed by atoms with E-state index in [0.29, 0.717) is 19.4 Å². The van der Waals surface area contributed by atoms with Gasteiger partial charge in [0, 0.05) is 50.7 Å². The molecule has 0 radical (unpaired) electrons. The molecule has 248 valence electrons. The minimum Gasteiger partial charge on any atom is -0.352 e. The predicted octanol–water partition coefficient (Wildman–Crippen LogP) is 5.13. The molecule has 2 atom stereocenters. The van der Waals surface area contributed by atoms with Crippen LogP contribution in [-0.4, -0.2) is 45.7 Å². The molecule has 45 heavy (non-hydrogen) atoms. The van der Waals surface area contributed by atoms with Crippen LogP contribution in [0.5, 0.6) is 0 Å². The molecule has 0 aliphatic carbocycles. The lowest BCUT2D eigenvalue weighted by molar-refractivity contribution is -0.132. The van der Waals surface area contributed by atoms with Gasteiger partial charge in [0.1, 0.15) is 12.1 Å². The van der Waals surface area contributed by atoms with E-state index in [1.807, 2.05) is 26.0 Å². The Morgan fingerprint density at radius 3 is 1.71 bits per heavy atom. The Labute approximate surface area is 269 Å². The summed E-state index contributed by atoms with van der Waals surface area (Å²) in [6.07, 6.45) is 18.0. The molecule has 0 aliphatic heterocycles. The molecule has 2 heterocycles. The lowest BCUT2D eigenvalue weighted by atomic mass is 10.0. The second kappa shape index (κ2) is 22.7. The fraction of sp³-hybridized carbons (Fsp3) is 0.600. The van der Waals surface area contributed by atoms with E-state index in [0.717, 1.165) is 30.4 Å². The summed E-state index contributed by atoms with van der Waals surface area (Å²) in [6.45, 7) is 6.79. The average Bonchev–Trinajstić information content (AvgIpc) is 3.04. The summed E-state index contributed by atoms with van der Waals surface area (Å²) < 4.78 is 0. The fourth-order valence-electron chi connectivity index (χ4n) is 4.98. The van der Waals surface area contributed by atoms with E-state index in [1.165, 1.54) is 38.5 Å². The zero-order valence-corrected chi connectivity index (χ0v) is 27.5. The van der Waals surface area contributed by atoms with Crippen molar-refractivity contribution in [1.82, 2.24) is 31.2 Å². The van der Waals surface area contributed by atoms with Gasteiger partial charge in [0.15, 0.2) is 0 Å². The Morgan fingerprint density at radius 2 is 1.16 bits per heavy atom. The fourth-order valence-corrected chi connectivity index (χ4v) is 4.98. The summed E-state index contributed by atoms with van der Waals surface area (Å²) in [5.41, 5.74) is 1.77. The molecule has 2 rings (SSSR count). The van der Waals surface area contributed by atoms with Gasteiger partial charge in [0.2, 0.25) is 23.6 Å². The highest BCUT2D eigenvalue weighted by molar-refractivity contribution is 5.92. The van der Waals surface area contributed by atoms with Crippen molar-refractivity contribution in [3.8, 4) is 0 Å². The number of carbonyl (C=O) groups is 4. The third kappa shape index (κ3) is 17.3. The lowest BCUT2D eigenvalue weighted by Crippen LogP contribution is -2.54. The van der Waals surface area contributed by atoms with Gasteiger partial charge in [-0.05, 0) is 60.6 Å². The van der Waals surface area contributed by atoms with Crippen molar-refractivity contribution in [3.05, 3.63) is 60.2 Å². The van der Waals surface area contributed by atoms with Crippen molar-refractivity contribution in [1.29, 1.82) is 0 Å². The number of pyridine rings is 2. The Morgan fingerprint density at radius 1 is 0.622 bits per heavy atom. The number of rotatable bonds is 23. The van der Waals surface area contributed by atoms with Crippen LogP contribution in [0, 0.1) is 5.92 Å². The first kappa shape index (κ1) is 37.4. The molecule has 0 saturated heterocycles. The SMILES string of the molecule is CCCCCCCCCCCC(=O)N[C@@H](CC(C)C)C(=O)NC(CCC(=O)NCc1ccncc1)C(=O)NCc1ccncc1. The first-order valence-corrected chi connectivity index (χ1v) is 16.7. The second-order valence-corrected chi connectivity index (χ2v) is 12.1. The number of amides is 4. The quantitative estimate of drug-likeness (QED) is 0.127. The summed E-state index contributed by atoms with van der Waals surface area (Å²) >= 11 is 0. The Kier molecular flexibility index (Phi) is 18.8. The molecule has 2 aromatic rings. The van der Waals surface area contributed by atoms with Crippen LogP contribution < -0.4 is 21.3 Å². The smallest absolute Gasteiger partial charge is 0.243 e. The largest absolute Gasteiger partial charge is 0.352 e. The second-order valence-electron chi connectivity index (χ2n) is 12.1. The van der Waals surface area contributed by atoms with Crippen LogP contribution >= 0.6 is 0 Å². The summed E-state index contributed by atoms with van der Waals surface area (Å²) in [6, 6.07) is 5.50. The maximum Gasteiger partial charge on any atom is 0.243 e. The van der Waals surface area contributed by atoms with Crippen molar-refractivity contribution in [2.45, 2.75) is 129 Å². The molecule has 1 unspecified atom stereocenters. The third-order valence-corrected chi connectivity index (χ3v) is 7.61. The van der Waals surface area contributed by atoms with Gasteiger partial charge in [-0.2, -0.15) is 0 Å². The zero-order chi connectivity index (χ0) is 32.7. The molecule has 0 bridgehead atoms. The van der Waals surface area contributed by atoms with Crippen molar-refractivity contribution >= 4 is 23.6 Å². The van der Waals surface area contributed by atoms with Crippen molar-refractivity contribution in [3.63, 3.8) is 0 Å². The van der Waals surface area contributed by atoms with E-state index in [-0.39, 0.29) is 37.1 Å². The summed E-state index contributed by atoms with van der Waals surface area (Å²) in [7, 11) is 0. The third-order valence-electron chi connectivity index (χ3n) is 7.61. The maximum absolute atomic E-state index is 13.5. The zero-order valence-electron chi connectivity index (χ0n) is 27.5. The van der Waals surface area contributed by atoms with Crippen LogP contribution in [-0.2, 0) is 32.3 Å².